The van der Waals surface area contributed by atoms with E-state index in [2.05, 4.69) is 38.1 Å². The quantitative estimate of drug-likeness (QED) is 0.579. The van der Waals surface area contributed by atoms with Crippen LogP contribution < -0.4 is 5.32 Å². The van der Waals surface area contributed by atoms with Crippen LogP contribution in [0.4, 0.5) is 0 Å². The van der Waals surface area contributed by atoms with Crippen molar-refractivity contribution in [1.29, 1.82) is 0 Å². The van der Waals surface area contributed by atoms with Crippen molar-refractivity contribution in [2.75, 3.05) is 26.2 Å². The number of aliphatic hydroxyl groups is 1. The lowest BCUT2D eigenvalue weighted by atomic mass is 9.91. The molecule has 0 unspecified atom stereocenters. The van der Waals surface area contributed by atoms with Crippen LogP contribution >= 0.6 is 0 Å². The number of H-pyrrole nitrogens is 1. The highest BCUT2D eigenvalue weighted by atomic mass is 16.3. The van der Waals surface area contributed by atoms with Gasteiger partial charge in [0.15, 0.2) is 11.4 Å². The Morgan fingerprint density at radius 1 is 1.28 bits per heavy atom. The number of aromatic nitrogens is 4. The van der Waals surface area contributed by atoms with Crippen LogP contribution in [0, 0.1) is 0 Å². The molecule has 2 heterocycles. The number of nitrogens with zero attached hydrogens (tertiary/aromatic N) is 4. The molecular weight excluding hydrogens is 320 g/mol. The fourth-order valence-electron chi connectivity index (χ4n) is 3.14. The minimum Gasteiger partial charge on any atom is -0.379 e. The summed E-state index contributed by atoms with van der Waals surface area (Å²) in [6.45, 7) is 2.16. The number of likely N-dealkylation sites (tertiary alicyclic amines) is 1. The molecule has 25 heavy (non-hydrogen) atoms. The first-order chi connectivity index (χ1) is 12.2. The number of nitrogens with one attached hydrogen (secondary N) is 2. The highest BCUT2D eigenvalue weighted by molar-refractivity contribution is 5.86. The van der Waals surface area contributed by atoms with Crippen LogP contribution in [0.25, 0.3) is 0 Å². The monoisotopic (exact) mass is 344 g/mol. The van der Waals surface area contributed by atoms with E-state index in [0.717, 1.165) is 12.8 Å². The lowest BCUT2D eigenvalue weighted by molar-refractivity contribution is -0.156. The molecule has 3 N–H and O–H groups in total. The number of amides is 1. The van der Waals surface area contributed by atoms with E-state index in [1.807, 2.05) is 18.2 Å². The molecule has 1 fully saturated rings. The maximum atomic E-state index is 12.7. The van der Waals surface area contributed by atoms with E-state index < -0.39 is 5.60 Å². The van der Waals surface area contributed by atoms with Crippen molar-refractivity contribution < 1.29 is 9.90 Å². The summed E-state index contributed by atoms with van der Waals surface area (Å²) in [5.74, 6) is 0.431. The van der Waals surface area contributed by atoms with Gasteiger partial charge in [-0.15, -0.1) is 10.2 Å². The molecule has 1 aromatic heterocycles. The zero-order valence-corrected chi connectivity index (χ0v) is 14.2. The first kappa shape index (κ1) is 17.5. The maximum Gasteiger partial charge on any atom is 0.255 e. The lowest BCUT2D eigenvalue weighted by Crippen LogP contribution is -2.58. The zero-order chi connectivity index (χ0) is 17.5. The lowest BCUT2D eigenvalue weighted by Gasteiger charge is -2.38. The number of benzene rings is 1. The van der Waals surface area contributed by atoms with Crippen molar-refractivity contribution in [2.24, 2.45) is 0 Å². The second kappa shape index (κ2) is 8.17. The fourth-order valence-corrected chi connectivity index (χ4v) is 3.14. The van der Waals surface area contributed by atoms with E-state index in [4.69, 9.17) is 0 Å². The van der Waals surface area contributed by atoms with Crippen molar-refractivity contribution in [1.82, 2.24) is 30.8 Å². The number of carbonyl (C=O) groups excluding carboxylic acids is 1. The first-order valence-electron chi connectivity index (χ1n) is 8.66. The Bertz CT molecular complexity index is 663. The second-order valence-corrected chi connectivity index (χ2v) is 6.42. The highest BCUT2D eigenvalue weighted by Crippen LogP contribution is 2.22. The van der Waals surface area contributed by atoms with Crippen LogP contribution in [-0.4, -0.2) is 68.3 Å². The summed E-state index contributed by atoms with van der Waals surface area (Å²) in [7, 11) is 0. The standard InChI is InChI=1S/C17H24N6O2/c24-16-17(25,13-18-10-7-15-19-21-22-20-15)9-4-11-23(16)12-8-14-5-2-1-3-6-14/h1-3,5-6,18,25H,4,7-13H2,(H,19,20,21,22)/t17-/m0/s1. The largest absolute Gasteiger partial charge is 0.379 e. The van der Waals surface area contributed by atoms with Gasteiger partial charge < -0.3 is 15.3 Å². The fraction of sp³-hybridized carbons (Fsp3) is 0.529. The summed E-state index contributed by atoms with van der Waals surface area (Å²) < 4.78 is 0. The highest BCUT2D eigenvalue weighted by Gasteiger charge is 2.41. The van der Waals surface area contributed by atoms with Gasteiger partial charge >= 0.3 is 0 Å². The summed E-state index contributed by atoms with van der Waals surface area (Å²) in [5, 5.41) is 27.5. The average molecular weight is 344 g/mol. The minimum atomic E-state index is -1.33. The second-order valence-electron chi connectivity index (χ2n) is 6.42. The molecule has 134 valence electrons. The van der Waals surface area contributed by atoms with Crippen molar-refractivity contribution in [2.45, 2.75) is 31.3 Å². The Morgan fingerprint density at radius 2 is 2.12 bits per heavy atom. The van der Waals surface area contributed by atoms with Gasteiger partial charge in [-0.1, -0.05) is 35.5 Å². The molecule has 1 amide bonds. The zero-order valence-electron chi connectivity index (χ0n) is 14.2. The summed E-state index contributed by atoms with van der Waals surface area (Å²) in [4.78, 5) is 14.5. The summed E-state index contributed by atoms with van der Waals surface area (Å²) in [6, 6.07) is 10.1. The van der Waals surface area contributed by atoms with E-state index in [1.165, 1.54) is 5.56 Å². The maximum absolute atomic E-state index is 12.7. The van der Waals surface area contributed by atoms with Crippen LogP contribution in [0.15, 0.2) is 30.3 Å². The number of aromatic amines is 1. The molecule has 0 radical (unpaired) electrons. The average Bonchev–Trinajstić information content (AvgIpc) is 3.15. The molecule has 1 aliphatic heterocycles. The van der Waals surface area contributed by atoms with Crippen molar-refractivity contribution >= 4 is 5.91 Å². The molecule has 1 aliphatic rings. The van der Waals surface area contributed by atoms with Crippen LogP contribution in [0.3, 0.4) is 0 Å². The van der Waals surface area contributed by atoms with Gasteiger partial charge in [0, 0.05) is 32.6 Å². The van der Waals surface area contributed by atoms with Crippen molar-refractivity contribution in [3.05, 3.63) is 41.7 Å². The third kappa shape index (κ3) is 4.61. The SMILES string of the molecule is O=C1N(CCc2ccccc2)CCC[C@]1(O)CNCCc1nn[nH]n1. The molecule has 1 atom stereocenters. The number of hydrogen-bond acceptors (Lipinski definition) is 6. The van der Waals surface area contributed by atoms with Gasteiger partial charge in [-0.25, -0.2) is 0 Å². The molecule has 0 saturated carbocycles. The Labute approximate surface area is 146 Å². The van der Waals surface area contributed by atoms with E-state index in [1.54, 1.807) is 4.90 Å². The van der Waals surface area contributed by atoms with E-state index in [-0.39, 0.29) is 12.5 Å². The van der Waals surface area contributed by atoms with Crippen LogP contribution in [0.2, 0.25) is 0 Å². The van der Waals surface area contributed by atoms with Gasteiger partial charge in [0.2, 0.25) is 0 Å². The van der Waals surface area contributed by atoms with Gasteiger partial charge in [0.25, 0.3) is 5.91 Å². The molecule has 0 aliphatic carbocycles. The van der Waals surface area contributed by atoms with E-state index in [9.17, 15) is 9.90 Å². The third-order valence-corrected chi connectivity index (χ3v) is 4.55. The van der Waals surface area contributed by atoms with Crippen molar-refractivity contribution in [3.63, 3.8) is 0 Å². The summed E-state index contributed by atoms with van der Waals surface area (Å²) in [5.41, 5.74) is -0.130. The Balaban J connectivity index is 1.47. The Kier molecular flexibility index (Phi) is 5.72. The topological polar surface area (TPSA) is 107 Å². The first-order valence-corrected chi connectivity index (χ1v) is 8.66. The third-order valence-electron chi connectivity index (χ3n) is 4.55. The Hall–Kier alpha value is -2.32. The van der Waals surface area contributed by atoms with Crippen LogP contribution in [0.1, 0.15) is 24.2 Å². The summed E-state index contributed by atoms with van der Waals surface area (Å²) >= 11 is 0. The molecule has 2 aromatic rings. The minimum absolute atomic E-state index is 0.179. The number of tetrazole rings is 1. The normalized spacial score (nSPS) is 20.8. The molecular formula is C17H24N6O2. The molecule has 1 aromatic carbocycles. The van der Waals surface area contributed by atoms with Gasteiger partial charge in [-0.2, -0.15) is 5.21 Å². The molecule has 0 bridgehead atoms. The van der Waals surface area contributed by atoms with Crippen LogP contribution in [0.5, 0.6) is 0 Å². The molecule has 3 rings (SSSR count). The predicted molar refractivity (Wildman–Crippen MR) is 91.7 cm³/mol. The van der Waals surface area contributed by atoms with E-state index in [0.29, 0.717) is 38.3 Å². The Morgan fingerprint density at radius 3 is 2.88 bits per heavy atom. The van der Waals surface area contributed by atoms with Gasteiger partial charge in [-0.3, -0.25) is 4.79 Å². The van der Waals surface area contributed by atoms with Gasteiger partial charge in [0.05, 0.1) is 0 Å². The molecule has 8 nitrogen and oxygen atoms in total. The number of piperidine rings is 1. The predicted octanol–water partition coefficient (Wildman–Crippen LogP) is -0.0720. The van der Waals surface area contributed by atoms with Crippen molar-refractivity contribution in [3.8, 4) is 0 Å². The number of carbonyl (C=O) groups is 1. The van der Waals surface area contributed by atoms with E-state index >= 15 is 0 Å². The number of hydrogen-bond donors (Lipinski definition) is 3. The summed E-state index contributed by atoms with van der Waals surface area (Å²) in [6.07, 6.45) is 2.69. The smallest absolute Gasteiger partial charge is 0.255 e. The number of rotatable bonds is 8. The van der Waals surface area contributed by atoms with Crippen LogP contribution in [-0.2, 0) is 17.6 Å². The molecule has 1 saturated heterocycles. The van der Waals surface area contributed by atoms with Gasteiger partial charge in [0.1, 0.15) is 0 Å². The molecule has 0 spiro atoms. The molecule has 8 heteroatoms. The van der Waals surface area contributed by atoms with Gasteiger partial charge in [-0.05, 0) is 24.8 Å².